The van der Waals surface area contributed by atoms with Gasteiger partial charge in [0.25, 0.3) is 11.2 Å². The van der Waals surface area contributed by atoms with Crippen molar-refractivity contribution in [2.45, 2.75) is 13.3 Å². The number of nitro benzene ring substituents is 1. The minimum atomic E-state index is -0.504. The predicted octanol–water partition coefficient (Wildman–Crippen LogP) is 3.15. The van der Waals surface area contributed by atoms with Crippen LogP contribution in [0.4, 0.5) is 5.69 Å². The minimum Gasteiger partial charge on any atom is -0.493 e. The van der Waals surface area contributed by atoms with E-state index >= 15 is 0 Å². The Morgan fingerprint density at radius 2 is 1.97 bits per heavy atom. The second-order valence-corrected chi connectivity index (χ2v) is 6.36. The molecular formula is C21H20N4O4. The average molecular weight is 392 g/mol. The van der Waals surface area contributed by atoms with E-state index in [1.807, 2.05) is 13.0 Å². The number of pyridine rings is 1. The van der Waals surface area contributed by atoms with Crippen LogP contribution in [0.3, 0.4) is 0 Å². The van der Waals surface area contributed by atoms with Gasteiger partial charge in [-0.25, -0.2) is 0 Å². The molecule has 0 aliphatic rings. The first-order valence-corrected chi connectivity index (χ1v) is 9.23. The number of benzene rings is 2. The van der Waals surface area contributed by atoms with Crippen molar-refractivity contribution in [1.82, 2.24) is 9.88 Å². The van der Waals surface area contributed by atoms with Crippen molar-refractivity contribution in [3.8, 4) is 17.5 Å². The van der Waals surface area contributed by atoms with Gasteiger partial charge in [0.2, 0.25) is 0 Å². The van der Waals surface area contributed by atoms with Gasteiger partial charge in [0.05, 0.1) is 17.0 Å². The highest BCUT2D eigenvalue weighted by Crippen LogP contribution is 2.24. The van der Waals surface area contributed by atoms with Crippen LogP contribution in [-0.2, 0) is 0 Å². The van der Waals surface area contributed by atoms with Crippen molar-refractivity contribution in [3.63, 3.8) is 0 Å². The van der Waals surface area contributed by atoms with Crippen molar-refractivity contribution >= 4 is 16.6 Å². The van der Waals surface area contributed by atoms with Crippen LogP contribution < -0.4 is 15.6 Å². The first-order chi connectivity index (χ1) is 14.0. The number of fused-ring (bicyclic) bond motifs is 1. The smallest absolute Gasteiger partial charge is 0.273 e. The summed E-state index contributed by atoms with van der Waals surface area (Å²) in [5, 5.41) is 24.2. The predicted molar refractivity (Wildman–Crippen MR) is 110 cm³/mol. The van der Waals surface area contributed by atoms with Gasteiger partial charge < -0.3 is 10.1 Å². The standard InChI is InChI=1S/C21H20N4O4/c1-2-23-10-3-11-29-19-9-4-15-12-16(14-22)21(26)24(20(15)13-19)17-5-7-18(8-6-17)25(27)28/h4-9,12-13,23H,2-3,10-11H2,1H3. The van der Waals surface area contributed by atoms with E-state index in [0.29, 0.717) is 28.9 Å². The molecule has 8 nitrogen and oxygen atoms in total. The molecule has 0 unspecified atom stereocenters. The maximum Gasteiger partial charge on any atom is 0.273 e. The molecule has 1 N–H and O–H groups in total. The van der Waals surface area contributed by atoms with Crippen LogP contribution in [0.1, 0.15) is 18.9 Å². The number of hydrogen-bond acceptors (Lipinski definition) is 6. The SMILES string of the molecule is CCNCCCOc1ccc2cc(C#N)c(=O)n(-c3ccc([N+](=O)[O-])cc3)c2c1. The third kappa shape index (κ3) is 4.42. The van der Waals surface area contributed by atoms with Crippen LogP contribution >= 0.6 is 0 Å². The minimum absolute atomic E-state index is 0.00448. The van der Waals surface area contributed by atoms with Crippen molar-refractivity contribution in [2.24, 2.45) is 0 Å². The third-order valence-corrected chi connectivity index (χ3v) is 4.43. The third-order valence-electron chi connectivity index (χ3n) is 4.43. The van der Waals surface area contributed by atoms with Crippen molar-refractivity contribution in [2.75, 3.05) is 19.7 Å². The summed E-state index contributed by atoms with van der Waals surface area (Å²) >= 11 is 0. The molecular weight excluding hydrogens is 372 g/mol. The molecule has 148 valence electrons. The van der Waals surface area contributed by atoms with Crippen molar-refractivity contribution < 1.29 is 9.66 Å². The Morgan fingerprint density at radius 1 is 1.21 bits per heavy atom. The second-order valence-electron chi connectivity index (χ2n) is 6.36. The summed E-state index contributed by atoms with van der Waals surface area (Å²) in [5.41, 5.74) is 0.430. The zero-order valence-corrected chi connectivity index (χ0v) is 15.9. The number of ether oxygens (including phenoxy) is 1. The Bertz CT molecular complexity index is 1130. The van der Waals surface area contributed by atoms with E-state index in [9.17, 15) is 20.2 Å². The first-order valence-electron chi connectivity index (χ1n) is 9.23. The van der Waals surface area contributed by atoms with Crippen LogP contribution in [-0.4, -0.2) is 29.2 Å². The van der Waals surface area contributed by atoms with Crippen molar-refractivity contribution in [1.29, 1.82) is 5.26 Å². The van der Waals surface area contributed by atoms with E-state index in [0.717, 1.165) is 19.5 Å². The molecule has 1 aromatic heterocycles. The molecule has 0 saturated heterocycles. The molecule has 29 heavy (non-hydrogen) atoms. The molecule has 0 aliphatic carbocycles. The van der Waals surface area contributed by atoms with Crippen LogP contribution in [0.2, 0.25) is 0 Å². The van der Waals surface area contributed by atoms with E-state index in [2.05, 4.69) is 5.32 Å². The summed E-state index contributed by atoms with van der Waals surface area (Å²) in [6.45, 7) is 4.32. The van der Waals surface area contributed by atoms with Crippen LogP contribution in [0.5, 0.6) is 5.75 Å². The van der Waals surface area contributed by atoms with Gasteiger partial charge in [-0.05, 0) is 49.8 Å². The van der Waals surface area contributed by atoms with Crippen molar-refractivity contribution in [3.05, 3.63) is 74.6 Å². The Labute approximate surface area is 167 Å². The molecule has 3 aromatic rings. The average Bonchev–Trinajstić information content (AvgIpc) is 2.73. The highest BCUT2D eigenvalue weighted by atomic mass is 16.6. The number of aromatic nitrogens is 1. The summed E-state index contributed by atoms with van der Waals surface area (Å²) in [6.07, 6.45) is 0.842. The molecule has 0 aliphatic heterocycles. The highest BCUT2D eigenvalue weighted by molar-refractivity contribution is 5.83. The van der Waals surface area contributed by atoms with E-state index < -0.39 is 10.5 Å². The number of rotatable bonds is 8. The fourth-order valence-electron chi connectivity index (χ4n) is 3.00. The lowest BCUT2D eigenvalue weighted by Crippen LogP contribution is -2.21. The maximum absolute atomic E-state index is 12.8. The van der Waals surface area contributed by atoms with Gasteiger partial charge in [-0.2, -0.15) is 5.26 Å². The highest BCUT2D eigenvalue weighted by Gasteiger charge is 2.13. The van der Waals surface area contributed by atoms with Crippen LogP contribution in [0, 0.1) is 21.4 Å². The van der Waals surface area contributed by atoms with Gasteiger partial charge in [-0.3, -0.25) is 19.5 Å². The Morgan fingerprint density at radius 3 is 2.62 bits per heavy atom. The number of hydrogen-bond donors (Lipinski definition) is 1. The molecule has 3 rings (SSSR count). The summed E-state index contributed by atoms with van der Waals surface area (Å²) in [7, 11) is 0. The molecule has 0 atom stereocenters. The summed E-state index contributed by atoms with van der Waals surface area (Å²) in [6, 6.07) is 14.4. The molecule has 0 saturated carbocycles. The monoisotopic (exact) mass is 392 g/mol. The number of nitro groups is 1. The molecule has 0 amide bonds. The number of non-ortho nitro benzene ring substituents is 1. The zero-order valence-electron chi connectivity index (χ0n) is 15.9. The Balaban J connectivity index is 2.04. The number of nitrogens with zero attached hydrogens (tertiary/aromatic N) is 3. The quantitative estimate of drug-likeness (QED) is 0.358. The Hall–Kier alpha value is -3.70. The molecule has 2 aromatic carbocycles. The lowest BCUT2D eigenvalue weighted by molar-refractivity contribution is -0.384. The van der Waals surface area contributed by atoms with Gasteiger partial charge >= 0.3 is 0 Å². The lowest BCUT2D eigenvalue weighted by atomic mass is 10.1. The summed E-state index contributed by atoms with van der Waals surface area (Å²) in [5.74, 6) is 0.605. The molecule has 8 heteroatoms. The number of nitrogens with one attached hydrogen (secondary N) is 1. The molecule has 0 fully saturated rings. The van der Waals surface area contributed by atoms with Gasteiger partial charge in [0.1, 0.15) is 17.4 Å². The number of nitriles is 1. The normalized spacial score (nSPS) is 10.6. The topological polar surface area (TPSA) is 110 Å². The van der Waals surface area contributed by atoms with Crippen LogP contribution in [0.25, 0.3) is 16.6 Å². The lowest BCUT2D eigenvalue weighted by Gasteiger charge is -2.13. The molecule has 0 bridgehead atoms. The van der Waals surface area contributed by atoms with E-state index in [1.54, 1.807) is 18.2 Å². The summed E-state index contributed by atoms with van der Waals surface area (Å²) in [4.78, 5) is 23.2. The van der Waals surface area contributed by atoms with Gasteiger partial charge in [0.15, 0.2) is 0 Å². The maximum atomic E-state index is 12.8. The molecule has 0 radical (unpaired) electrons. The van der Waals surface area contributed by atoms with Gasteiger partial charge in [0, 0.05) is 29.3 Å². The Kier molecular flexibility index (Phi) is 6.22. The van der Waals surface area contributed by atoms with E-state index in [4.69, 9.17) is 4.74 Å². The second kappa shape index (κ2) is 8.99. The van der Waals surface area contributed by atoms with E-state index in [-0.39, 0.29) is 11.3 Å². The largest absolute Gasteiger partial charge is 0.493 e. The van der Waals surface area contributed by atoms with Crippen LogP contribution in [0.15, 0.2) is 53.3 Å². The fourth-order valence-corrected chi connectivity index (χ4v) is 3.00. The molecule has 1 heterocycles. The first kappa shape index (κ1) is 20.0. The summed E-state index contributed by atoms with van der Waals surface area (Å²) < 4.78 is 7.17. The van der Waals surface area contributed by atoms with Gasteiger partial charge in [-0.15, -0.1) is 0 Å². The fraction of sp³-hybridized carbons (Fsp3) is 0.238. The molecule has 0 spiro atoms. The zero-order chi connectivity index (χ0) is 20.8. The van der Waals surface area contributed by atoms with E-state index in [1.165, 1.54) is 34.9 Å². The van der Waals surface area contributed by atoms with Gasteiger partial charge in [-0.1, -0.05) is 6.92 Å².